The molecule has 15 heavy (non-hydrogen) atoms. The lowest BCUT2D eigenvalue weighted by Gasteiger charge is -2.11. The summed E-state index contributed by atoms with van der Waals surface area (Å²) < 4.78 is 0. The fourth-order valence-electron chi connectivity index (χ4n) is 1.42. The number of hydrogen-bond acceptors (Lipinski definition) is 4. The van der Waals surface area contributed by atoms with E-state index in [1.807, 2.05) is 6.92 Å². The molecule has 0 bridgehead atoms. The van der Waals surface area contributed by atoms with Gasteiger partial charge >= 0.3 is 0 Å². The largest absolute Gasteiger partial charge is 0.508 e. The van der Waals surface area contributed by atoms with Gasteiger partial charge in [0.15, 0.2) is 0 Å². The van der Waals surface area contributed by atoms with Gasteiger partial charge in [-0.25, -0.2) is 0 Å². The van der Waals surface area contributed by atoms with Crippen LogP contribution >= 0.6 is 0 Å². The SMILES string of the molecule is CCC[C@H](N)c1cc([N+](=O)[O-])ccc1O. The predicted molar refractivity (Wildman–Crippen MR) is 56.6 cm³/mol. The third-order valence-corrected chi connectivity index (χ3v) is 2.22. The zero-order valence-electron chi connectivity index (χ0n) is 8.51. The van der Waals surface area contributed by atoms with E-state index >= 15 is 0 Å². The molecule has 0 aromatic heterocycles. The Kier molecular flexibility index (Phi) is 3.62. The summed E-state index contributed by atoms with van der Waals surface area (Å²) in [6, 6.07) is 3.55. The number of hydrogen-bond donors (Lipinski definition) is 2. The Labute approximate surface area is 87.7 Å². The van der Waals surface area contributed by atoms with Crippen LogP contribution in [0, 0.1) is 10.1 Å². The van der Waals surface area contributed by atoms with Crippen LogP contribution in [0.5, 0.6) is 5.75 Å². The van der Waals surface area contributed by atoms with Gasteiger partial charge in [-0.05, 0) is 12.5 Å². The van der Waals surface area contributed by atoms with E-state index in [0.29, 0.717) is 12.0 Å². The molecular weight excluding hydrogens is 196 g/mol. The van der Waals surface area contributed by atoms with E-state index in [2.05, 4.69) is 0 Å². The summed E-state index contributed by atoms with van der Waals surface area (Å²) in [5, 5.41) is 20.0. The maximum Gasteiger partial charge on any atom is 0.270 e. The maximum absolute atomic E-state index is 10.5. The fourth-order valence-corrected chi connectivity index (χ4v) is 1.42. The molecular formula is C10H14N2O3. The molecule has 5 heteroatoms. The fraction of sp³-hybridized carbons (Fsp3) is 0.400. The summed E-state index contributed by atoms with van der Waals surface area (Å²) in [5.74, 6) is 0.0153. The molecule has 0 aliphatic carbocycles. The minimum absolute atomic E-state index is 0.0153. The molecule has 1 aromatic carbocycles. The van der Waals surface area contributed by atoms with Crippen LogP contribution in [0.3, 0.4) is 0 Å². The molecule has 0 spiro atoms. The number of nitrogens with two attached hydrogens (primary N) is 1. The summed E-state index contributed by atoms with van der Waals surface area (Å²) in [6.45, 7) is 1.97. The molecule has 5 nitrogen and oxygen atoms in total. The zero-order chi connectivity index (χ0) is 11.4. The molecule has 1 rings (SSSR count). The first-order chi connectivity index (χ1) is 7.06. The smallest absolute Gasteiger partial charge is 0.270 e. The summed E-state index contributed by atoms with van der Waals surface area (Å²) in [5.41, 5.74) is 6.18. The third-order valence-electron chi connectivity index (χ3n) is 2.22. The van der Waals surface area contributed by atoms with Gasteiger partial charge in [-0.3, -0.25) is 10.1 Å². The topological polar surface area (TPSA) is 89.4 Å². The second kappa shape index (κ2) is 4.75. The number of phenolic OH excluding ortho intramolecular Hbond substituents is 1. The zero-order valence-corrected chi connectivity index (χ0v) is 8.51. The number of nitro groups is 1. The van der Waals surface area contributed by atoms with Gasteiger partial charge in [0.25, 0.3) is 5.69 Å². The molecule has 0 aliphatic rings. The number of nitro benzene ring substituents is 1. The summed E-state index contributed by atoms with van der Waals surface area (Å²) in [4.78, 5) is 10.0. The number of rotatable bonds is 4. The average Bonchev–Trinajstić information content (AvgIpc) is 2.18. The van der Waals surface area contributed by atoms with Gasteiger partial charge in [-0.15, -0.1) is 0 Å². The van der Waals surface area contributed by atoms with Crippen molar-refractivity contribution in [1.29, 1.82) is 0 Å². The first kappa shape index (κ1) is 11.5. The van der Waals surface area contributed by atoms with Crippen molar-refractivity contribution in [2.75, 3.05) is 0 Å². The van der Waals surface area contributed by atoms with Crippen LogP contribution in [0.2, 0.25) is 0 Å². The van der Waals surface area contributed by atoms with Gasteiger partial charge < -0.3 is 10.8 Å². The Morgan fingerprint density at radius 3 is 2.80 bits per heavy atom. The van der Waals surface area contributed by atoms with Crippen molar-refractivity contribution in [3.8, 4) is 5.75 Å². The quantitative estimate of drug-likeness (QED) is 0.588. The second-order valence-electron chi connectivity index (χ2n) is 3.40. The number of benzene rings is 1. The van der Waals surface area contributed by atoms with Crippen molar-refractivity contribution >= 4 is 5.69 Å². The van der Waals surface area contributed by atoms with Gasteiger partial charge in [0.2, 0.25) is 0 Å². The summed E-state index contributed by atoms with van der Waals surface area (Å²) in [7, 11) is 0. The van der Waals surface area contributed by atoms with E-state index < -0.39 is 4.92 Å². The minimum atomic E-state index is -0.498. The highest BCUT2D eigenvalue weighted by molar-refractivity contribution is 5.44. The lowest BCUT2D eigenvalue weighted by Crippen LogP contribution is -2.10. The van der Waals surface area contributed by atoms with E-state index in [4.69, 9.17) is 5.73 Å². The van der Waals surface area contributed by atoms with Crippen LogP contribution in [0.25, 0.3) is 0 Å². The van der Waals surface area contributed by atoms with Crippen molar-refractivity contribution < 1.29 is 10.0 Å². The normalized spacial score (nSPS) is 12.4. The molecule has 0 aliphatic heterocycles. The van der Waals surface area contributed by atoms with E-state index in [1.165, 1.54) is 18.2 Å². The van der Waals surface area contributed by atoms with Gasteiger partial charge in [0.1, 0.15) is 5.75 Å². The molecule has 0 amide bonds. The van der Waals surface area contributed by atoms with Crippen LogP contribution in [-0.2, 0) is 0 Å². The van der Waals surface area contributed by atoms with Crippen molar-refractivity contribution in [2.45, 2.75) is 25.8 Å². The molecule has 1 atom stereocenters. The number of aromatic hydroxyl groups is 1. The Balaban J connectivity index is 3.04. The van der Waals surface area contributed by atoms with E-state index in [0.717, 1.165) is 6.42 Å². The lowest BCUT2D eigenvalue weighted by molar-refractivity contribution is -0.385. The van der Waals surface area contributed by atoms with Crippen molar-refractivity contribution in [1.82, 2.24) is 0 Å². The van der Waals surface area contributed by atoms with E-state index in [9.17, 15) is 15.2 Å². The van der Waals surface area contributed by atoms with Crippen LogP contribution < -0.4 is 5.73 Å². The molecule has 0 saturated heterocycles. The molecule has 0 saturated carbocycles. The predicted octanol–water partition coefficient (Wildman–Crippen LogP) is 2.10. The second-order valence-corrected chi connectivity index (χ2v) is 3.40. The molecule has 0 heterocycles. The van der Waals surface area contributed by atoms with Gasteiger partial charge in [0, 0.05) is 23.7 Å². The lowest BCUT2D eigenvalue weighted by atomic mass is 10.0. The average molecular weight is 210 g/mol. The van der Waals surface area contributed by atoms with Crippen molar-refractivity contribution in [3.63, 3.8) is 0 Å². The highest BCUT2D eigenvalue weighted by Gasteiger charge is 2.15. The van der Waals surface area contributed by atoms with E-state index in [1.54, 1.807) is 0 Å². The van der Waals surface area contributed by atoms with Crippen molar-refractivity contribution in [3.05, 3.63) is 33.9 Å². The Hall–Kier alpha value is -1.62. The van der Waals surface area contributed by atoms with Crippen LogP contribution in [0.4, 0.5) is 5.69 Å². The molecule has 3 N–H and O–H groups in total. The minimum Gasteiger partial charge on any atom is -0.508 e. The Morgan fingerprint density at radius 1 is 1.60 bits per heavy atom. The monoisotopic (exact) mass is 210 g/mol. The first-order valence-electron chi connectivity index (χ1n) is 4.79. The molecule has 1 aromatic rings. The number of nitrogens with zero attached hydrogens (tertiary/aromatic N) is 1. The molecule has 0 unspecified atom stereocenters. The number of phenols is 1. The van der Waals surface area contributed by atoms with Crippen molar-refractivity contribution in [2.24, 2.45) is 5.73 Å². The van der Waals surface area contributed by atoms with Gasteiger partial charge in [-0.2, -0.15) is 0 Å². The summed E-state index contributed by atoms with van der Waals surface area (Å²) in [6.07, 6.45) is 1.55. The molecule has 0 radical (unpaired) electrons. The van der Waals surface area contributed by atoms with Gasteiger partial charge in [0.05, 0.1) is 4.92 Å². The Bertz CT molecular complexity index is 366. The van der Waals surface area contributed by atoms with E-state index in [-0.39, 0.29) is 17.5 Å². The van der Waals surface area contributed by atoms with Crippen LogP contribution in [0.15, 0.2) is 18.2 Å². The van der Waals surface area contributed by atoms with Gasteiger partial charge in [-0.1, -0.05) is 13.3 Å². The van der Waals surface area contributed by atoms with Crippen LogP contribution in [0.1, 0.15) is 31.4 Å². The highest BCUT2D eigenvalue weighted by Crippen LogP contribution is 2.29. The maximum atomic E-state index is 10.5. The third kappa shape index (κ3) is 2.66. The molecule has 0 fully saturated rings. The standard InChI is InChI=1S/C10H14N2O3/c1-2-3-9(11)8-6-7(12(14)15)4-5-10(8)13/h4-6,9,13H,2-3,11H2,1H3/t9-/m0/s1. The summed E-state index contributed by atoms with van der Waals surface area (Å²) >= 11 is 0. The number of non-ortho nitro benzene ring substituents is 1. The van der Waals surface area contributed by atoms with Crippen LogP contribution in [-0.4, -0.2) is 10.0 Å². The first-order valence-corrected chi connectivity index (χ1v) is 4.79. The highest BCUT2D eigenvalue weighted by atomic mass is 16.6. The molecule has 82 valence electrons. The Morgan fingerprint density at radius 2 is 2.27 bits per heavy atom.